The van der Waals surface area contributed by atoms with E-state index in [2.05, 4.69) is 9.47 Å². The molecule has 0 aliphatic rings. The van der Waals surface area contributed by atoms with Crippen molar-refractivity contribution in [1.82, 2.24) is 0 Å². The number of hydrogen-bond donors (Lipinski definition) is 0. The summed E-state index contributed by atoms with van der Waals surface area (Å²) in [6, 6.07) is 0. The van der Waals surface area contributed by atoms with Gasteiger partial charge in [0.15, 0.2) is 5.41 Å². The molecule has 0 heterocycles. The minimum atomic E-state index is -1.16. The molecule has 0 spiro atoms. The van der Waals surface area contributed by atoms with Crippen LogP contribution in [0.25, 0.3) is 0 Å². The number of hydrogen-bond acceptors (Lipinski definition) is 4. The Labute approximate surface area is 71.8 Å². The first-order valence-electron chi connectivity index (χ1n) is 3.69. The predicted molar refractivity (Wildman–Crippen MR) is 42.4 cm³/mol. The molecule has 0 saturated carbocycles. The van der Waals surface area contributed by atoms with E-state index in [-0.39, 0.29) is 0 Å². The summed E-state index contributed by atoms with van der Waals surface area (Å²) in [4.78, 5) is 22.3. The van der Waals surface area contributed by atoms with Crippen molar-refractivity contribution in [3.63, 3.8) is 0 Å². The second-order valence-electron chi connectivity index (χ2n) is 2.67. The molecule has 0 aromatic carbocycles. The lowest BCUT2D eigenvalue weighted by atomic mass is 9.88. The Morgan fingerprint density at radius 3 is 1.67 bits per heavy atom. The van der Waals surface area contributed by atoms with Crippen molar-refractivity contribution in [2.24, 2.45) is 5.41 Å². The number of esters is 2. The van der Waals surface area contributed by atoms with Crippen molar-refractivity contribution < 1.29 is 19.1 Å². The van der Waals surface area contributed by atoms with Crippen LogP contribution >= 0.6 is 0 Å². The number of methoxy groups -OCH3 is 2. The highest BCUT2D eigenvalue weighted by Crippen LogP contribution is 2.24. The lowest BCUT2D eigenvalue weighted by molar-refractivity contribution is -0.167. The summed E-state index contributed by atoms with van der Waals surface area (Å²) in [6.07, 6.45) is 0.367. The third-order valence-electron chi connectivity index (χ3n) is 1.98. The topological polar surface area (TPSA) is 52.6 Å². The molecule has 70 valence electrons. The highest BCUT2D eigenvalue weighted by atomic mass is 16.5. The summed E-state index contributed by atoms with van der Waals surface area (Å²) in [5.74, 6) is -1.12. The van der Waals surface area contributed by atoms with Crippen LogP contribution in [0, 0.1) is 5.41 Å². The summed E-state index contributed by atoms with van der Waals surface area (Å²) >= 11 is 0. The molecule has 0 aliphatic heterocycles. The summed E-state index contributed by atoms with van der Waals surface area (Å²) in [5, 5.41) is 0. The van der Waals surface area contributed by atoms with Gasteiger partial charge in [0, 0.05) is 0 Å². The Kier molecular flexibility index (Phi) is 3.73. The first-order chi connectivity index (χ1) is 5.52. The van der Waals surface area contributed by atoms with Crippen LogP contribution in [0.15, 0.2) is 0 Å². The fourth-order valence-corrected chi connectivity index (χ4v) is 0.823. The Morgan fingerprint density at radius 2 is 1.50 bits per heavy atom. The van der Waals surface area contributed by atoms with Crippen LogP contribution in [0.1, 0.15) is 20.3 Å². The number of ether oxygens (including phenoxy) is 2. The number of carbonyl (C=O) groups excluding carboxylic acids is 2. The molecule has 0 aliphatic carbocycles. The molecule has 0 fully saturated rings. The number of rotatable bonds is 3. The number of carbonyl (C=O) groups is 2. The van der Waals surface area contributed by atoms with Gasteiger partial charge in [0.1, 0.15) is 0 Å². The molecule has 12 heavy (non-hydrogen) atoms. The normalized spacial score (nSPS) is 10.7. The zero-order valence-corrected chi connectivity index (χ0v) is 7.84. The van der Waals surface area contributed by atoms with Gasteiger partial charge in [-0.2, -0.15) is 0 Å². The zero-order chi connectivity index (χ0) is 9.78. The molecule has 0 saturated heterocycles. The molecule has 0 radical (unpaired) electrons. The van der Waals surface area contributed by atoms with Gasteiger partial charge in [-0.15, -0.1) is 0 Å². The van der Waals surface area contributed by atoms with Crippen molar-refractivity contribution in [2.45, 2.75) is 20.3 Å². The van der Waals surface area contributed by atoms with Gasteiger partial charge in [0.25, 0.3) is 0 Å². The van der Waals surface area contributed by atoms with Gasteiger partial charge in [-0.25, -0.2) is 0 Å². The minimum absolute atomic E-state index is 0.367. The molecule has 0 atom stereocenters. The quantitative estimate of drug-likeness (QED) is 0.468. The maximum absolute atomic E-state index is 11.1. The van der Waals surface area contributed by atoms with Gasteiger partial charge in [-0.1, -0.05) is 6.92 Å². The lowest BCUT2D eigenvalue weighted by Gasteiger charge is -2.21. The van der Waals surface area contributed by atoms with Gasteiger partial charge < -0.3 is 9.47 Å². The third kappa shape index (κ3) is 1.75. The van der Waals surface area contributed by atoms with Crippen LogP contribution in [0.4, 0.5) is 0 Å². The van der Waals surface area contributed by atoms with Crippen LogP contribution in [-0.4, -0.2) is 26.2 Å². The molecule has 0 amide bonds. The molecule has 0 N–H and O–H groups in total. The molecule has 0 bridgehead atoms. The second-order valence-corrected chi connectivity index (χ2v) is 2.67. The van der Waals surface area contributed by atoms with E-state index in [9.17, 15) is 9.59 Å². The van der Waals surface area contributed by atoms with Crippen molar-refractivity contribution in [3.05, 3.63) is 0 Å². The SMILES string of the molecule is CCC(C)(C(=O)OC)C(=O)OC. The van der Waals surface area contributed by atoms with E-state index in [1.165, 1.54) is 21.1 Å². The van der Waals surface area contributed by atoms with E-state index in [4.69, 9.17) is 0 Å². The molecular weight excluding hydrogens is 160 g/mol. The summed E-state index contributed by atoms with van der Waals surface area (Å²) in [5.41, 5.74) is -1.16. The van der Waals surface area contributed by atoms with E-state index in [0.717, 1.165) is 0 Å². The van der Waals surface area contributed by atoms with Crippen molar-refractivity contribution in [3.8, 4) is 0 Å². The Balaban J connectivity index is 4.66. The standard InChI is InChI=1S/C8H14O4/c1-5-8(2,6(9)11-3)7(10)12-4/h5H2,1-4H3. The summed E-state index contributed by atoms with van der Waals surface area (Å²) in [6.45, 7) is 3.23. The fraction of sp³-hybridized carbons (Fsp3) is 0.750. The summed E-state index contributed by atoms with van der Waals surface area (Å²) in [7, 11) is 2.50. The van der Waals surface area contributed by atoms with Gasteiger partial charge in [0.05, 0.1) is 14.2 Å². The van der Waals surface area contributed by atoms with Gasteiger partial charge in [-0.3, -0.25) is 9.59 Å². The van der Waals surface area contributed by atoms with E-state index >= 15 is 0 Å². The highest BCUT2D eigenvalue weighted by Gasteiger charge is 2.41. The maximum Gasteiger partial charge on any atom is 0.322 e. The molecule has 0 rings (SSSR count). The van der Waals surface area contributed by atoms with Crippen LogP contribution in [-0.2, 0) is 19.1 Å². The summed E-state index contributed by atoms with van der Waals surface area (Å²) < 4.78 is 8.98. The first-order valence-corrected chi connectivity index (χ1v) is 3.69. The van der Waals surface area contributed by atoms with E-state index < -0.39 is 17.4 Å². The monoisotopic (exact) mass is 174 g/mol. The van der Waals surface area contributed by atoms with Crippen LogP contribution < -0.4 is 0 Å². The van der Waals surface area contributed by atoms with E-state index in [1.54, 1.807) is 6.92 Å². The second kappa shape index (κ2) is 4.09. The smallest absolute Gasteiger partial charge is 0.322 e. The van der Waals surface area contributed by atoms with Gasteiger partial charge >= 0.3 is 11.9 Å². The predicted octanol–water partition coefficient (Wildman–Crippen LogP) is 0.749. The molecule has 0 unspecified atom stereocenters. The van der Waals surface area contributed by atoms with Crippen molar-refractivity contribution in [1.29, 1.82) is 0 Å². The van der Waals surface area contributed by atoms with Crippen LogP contribution in [0.5, 0.6) is 0 Å². The van der Waals surface area contributed by atoms with Gasteiger partial charge in [0.2, 0.25) is 0 Å². The highest BCUT2D eigenvalue weighted by molar-refractivity contribution is 5.99. The van der Waals surface area contributed by atoms with Crippen molar-refractivity contribution >= 4 is 11.9 Å². The molecule has 4 heteroatoms. The van der Waals surface area contributed by atoms with E-state index in [0.29, 0.717) is 6.42 Å². The fourth-order valence-electron chi connectivity index (χ4n) is 0.823. The molecule has 0 aromatic heterocycles. The van der Waals surface area contributed by atoms with Crippen LogP contribution in [0.2, 0.25) is 0 Å². The average Bonchev–Trinajstić information content (AvgIpc) is 2.13. The molecular formula is C8H14O4. The van der Waals surface area contributed by atoms with Gasteiger partial charge in [-0.05, 0) is 13.3 Å². The van der Waals surface area contributed by atoms with Crippen molar-refractivity contribution in [2.75, 3.05) is 14.2 Å². The lowest BCUT2D eigenvalue weighted by Crippen LogP contribution is -2.37. The minimum Gasteiger partial charge on any atom is -0.468 e. The van der Waals surface area contributed by atoms with E-state index in [1.807, 2.05) is 0 Å². The Bertz CT molecular complexity index is 169. The Hall–Kier alpha value is -1.06. The average molecular weight is 174 g/mol. The molecule has 0 aromatic rings. The third-order valence-corrected chi connectivity index (χ3v) is 1.98. The zero-order valence-electron chi connectivity index (χ0n) is 7.84. The molecule has 4 nitrogen and oxygen atoms in total. The largest absolute Gasteiger partial charge is 0.468 e. The Morgan fingerprint density at radius 1 is 1.17 bits per heavy atom. The maximum atomic E-state index is 11.1. The van der Waals surface area contributed by atoms with Crippen LogP contribution in [0.3, 0.4) is 0 Å². The first kappa shape index (κ1) is 10.9.